The topological polar surface area (TPSA) is 30.0 Å². The summed E-state index contributed by atoms with van der Waals surface area (Å²) in [5.41, 5.74) is 3.32. The molecule has 1 aromatic carbocycles. The Hall–Kier alpha value is -1.93. The summed E-state index contributed by atoms with van der Waals surface area (Å²) in [6, 6.07) is 11.1. The Morgan fingerprint density at radius 1 is 1.22 bits per heavy atom. The average molecular weight is 256 g/mol. The van der Waals surface area contributed by atoms with Gasteiger partial charge in [0.25, 0.3) is 0 Å². The van der Waals surface area contributed by atoms with Crippen molar-refractivity contribution < 1.29 is 4.79 Å². The van der Waals surface area contributed by atoms with Gasteiger partial charge in [0, 0.05) is 28.8 Å². The van der Waals surface area contributed by atoms with Gasteiger partial charge in [-0.25, -0.2) is 0 Å². The molecule has 3 heteroatoms. The van der Waals surface area contributed by atoms with Crippen molar-refractivity contribution in [2.45, 2.75) is 6.42 Å². The molecule has 0 fully saturated rings. The Kier molecular flexibility index (Phi) is 2.73. The van der Waals surface area contributed by atoms with E-state index in [0.717, 1.165) is 16.8 Å². The monoisotopic (exact) mass is 255 g/mol. The summed E-state index contributed by atoms with van der Waals surface area (Å²) in [7, 11) is 0. The van der Waals surface area contributed by atoms with Crippen molar-refractivity contribution >= 4 is 23.5 Å². The standard InChI is InChI=1S/C15H10ClNO/c16-12-5-4-10-7-11(15(18)14(10)9-12)8-13-3-1-2-6-17-13/h1-6,8-9H,7H2. The predicted octanol–water partition coefficient (Wildman–Crippen LogP) is 3.56. The van der Waals surface area contributed by atoms with E-state index < -0.39 is 0 Å². The van der Waals surface area contributed by atoms with Gasteiger partial charge >= 0.3 is 0 Å². The van der Waals surface area contributed by atoms with Crippen LogP contribution in [0.5, 0.6) is 0 Å². The lowest BCUT2D eigenvalue weighted by Gasteiger charge is -1.95. The highest BCUT2D eigenvalue weighted by molar-refractivity contribution is 6.31. The number of carbonyl (C=O) groups excluding carboxylic acids is 1. The van der Waals surface area contributed by atoms with Gasteiger partial charge in [-0.2, -0.15) is 0 Å². The van der Waals surface area contributed by atoms with Crippen molar-refractivity contribution in [3.05, 3.63) is 70.0 Å². The molecule has 0 N–H and O–H groups in total. The van der Waals surface area contributed by atoms with E-state index >= 15 is 0 Å². The molecule has 0 aliphatic heterocycles. The first-order chi connectivity index (χ1) is 8.74. The Labute approximate surface area is 110 Å². The molecule has 0 saturated heterocycles. The number of carbonyl (C=O) groups is 1. The molecule has 0 atom stereocenters. The minimum absolute atomic E-state index is 0.0538. The number of hydrogen-bond acceptors (Lipinski definition) is 2. The first kappa shape index (κ1) is 11.2. The van der Waals surface area contributed by atoms with Gasteiger partial charge in [-0.3, -0.25) is 9.78 Å². The number of ketones is 1. The maximum absolute atomic E-state index is 12.2. The number of Topliss-reactive ketones (excluding diaryl/α,β-unsaturated/α-hetero) is 1. The van der Waals surface area contributed by atoms with Crippen molar-refractivity contribution in [1.82, 2.24) is 4.98 Å². The summed E-state index contributed by atoms with van der Waals surface area (Å²) < 4.78 is 0. The highest BCUT2D eigenvalue weighted by atomic mass is 35.5. The van der Waals surface area contributed by atoms with Crippen molar-refractivity contribution in [2.24, 2.45) is 0 Å². The summed E-state index contributed by atoms with van der Waals surface area (Å²) in [5, 5.41) is 0.598. The van der Waals surface area contributed by atoms with Gasteiger partial charge in [0.15, 0.2) is 5.78 Å². The van der Waals surface area contributed by atoms with Crippen LogP contribution >= 0.6 is 11.6 Å². The normalized spacial score (nSPS) is 16.1. The van der Waals surface area contributed by atoms with Crippen molar-refractivity contribution in [1.29, 1.82) is 0 Å². The predicted molar refractivity (Wildman–Crippen MR) is 71.7 cm³/mol. The lowest BCUT2D eigenvalue weighted by molar-refractivity contribution is 0.104. The second-order valence-corrected chi connectivity index (χ2v) is 4.67. The van der Waals surface area contributed by atoms with Crippen LogP contribution in [0.15, 0.2) is 48.2 Å². The lowest BCUT2D eigenvalue weighted by Crippen LogP contribution is -1.95. The van der Waals surface area contributed by atoms with Crippen LogP contribution in [0.3, 0.4) is 0 Å². The van der Waals surface area contributed by atoms with E-state index in [1.165, 1.54) is 0 Å². The fourth-order valence-corrected chi connectivity index (χ4v) is 2.30. The van der Waals surface area contributed by atoms with E-state index in [9.17, 15) is 4.79 Å². The quantitative estimate of drug-likeness (QED) is 0.730. The summed E-state index contributed by atoms with van der Waals surface area (Å²) in [6.45, 7) is 0. The number of nitrogens with zero attached hydrogens (tertiary/aromatic N) is 1. The molecule has 2 nitrogen and oxygen atoms in total. The first-order valence-corrected chi connectivity index (χ1v) is 6.06. The van der Waals surface area contributed by atoms with Gasteiger partial charge in [-0.05, 0) is 35.9 Å². The molecular weight excluding hydrogens is 246 g/mol. The third-order valence-corrected chi connectivity index (χ3v) is 3.23. The molecule has 0 bridgehead atoms. The van der Waals surface area contributed by atoms with E-state index in [2.05, 4.69) is 4.98 Å². The average Bonchev–Trinajstić information content (AvgIpc) is 2.68. The largest absolute Gasteiger partial charge is 0.289 e. The van der Waals surface area contributed by atoms with Gasteiger partial charge in [-0.1, -0.05) is 23.7 Å². The van der Waals surface area contributed by atoms with Crippen LogP contribution in [0.25, 0.3) is 6.08 Å². The van der Waals surface area contributed by atoms with Crippen LogP contribution in [-0.4, -0.2) is 10.8 Å². The minimum atomic E-state index is 0.0538. The lowest BCUT2D eigenvalue weighted by atomic mass is 10.1. The summed E-state index contributed by atoms with van der Waals surface area (Å²) in [6.07, 6.45) is 4.22. The van der Waals surface area contributed by atoms with Gasteiger partial charge in [-0.15, -0.1) is 0 Å². The van der Waals surface area contributed by atoms with E-state index in [1.54, 1.807) is 12.3 Å². The zero-order chi connectivity index (χ0) is 12.5. The maximum Gasteiger partial charge on any atom is 0.189 e. The fraction of sp³-hybridized carbons (Fsp3) is 0.0667. The highest BCUT2D eigenvalue weighted by Crippen LogP contribution is 2.29. The number of fused-ring (bicyclic) bond motifs is 1. The number of pyridine rings is 1. The van der Waals surface area contributed by atoms with Gasteiger partial charge in [0.2, 0.25) is 0 Å². The zero-order valence-corrected chi connectivity index (χ0v) is 10.3. The van der Waals surface area contributed by atoms with E-state index in [4.69, 9.17) is 11.6 Å². The van der Waals surface area contributed by atoms with Gasteiger partial charge < -0.3 is 0 Å². The number of allylic oxidation sites excluding steroid dienone is 1. The van der Waals surface area contributed by atoms with Crippen LogP contribution in [0.2, 0.25) is 5.02 Å². The van der Waals surface area contributed by atoms with Crippen LogP contribution in [0.4, 0.5) is 0 Å². The maximum atomic E-state index is 12.2. The minimum Gasteiger partial charge on any atom is -0.289 e. The van der Waals surface area contributed by atoms with Crippen LogP contribution in [0.1, 0.15) is 21.6 Å². The molecule has 2 aromatic rings. The van der Waals surface area contributed by atoms with Crippen LogP contribution in [0, 0.1) is 0 Å². The molecule has 3 rings (SSSR count). The summed E-state index contributed by atoms with van der Waals surface area (Å²) >= 11 is 5.91. The van der Waals surface area contributed by atoms with Gasteiger partial charge in [0.05, 0.1) is 5.69 Å². The Balaban J connectivity index is 2.00. The molecule has 1 aliphatic carbocycles. The molecule has 0 radical (unpaired) electrons. The number of hydrogen-bond donors (Lipinski definition) is 0. The molecule has 1 heterocycles. The third kappa shape index (κ3) is 1.95. The van der Waals surface area contributed by atoms with E-state index in [0.29, 0.717) is 17.0 Å². The Morgan fingerprint density at radius 3 is 2.89 bits per heavy atom. The van der Waals surface area contributed by atoms with Gasteiger partial charge in [0.1, 0.15) is 0 Å². The highest BCUT2D eigenvalue weighted by Gasteiger charge is 2.24. The second-order valence-electron chi connectivity index (χ2n) is 4.23. The molecule has 1 aliphatic rings. The number of rotatable bonds is 1. The fourth-order valence-electron chi connectivity index (χ4n) is 2.13. The molecular formula is C15H10ClNO. The summed E-state index contributed by atoms with van der Waals surface area (Å²) in [5.74, 6) is 0.0538. The van der Waals surface area contributed by atoms with E-state index in [1.807, 2.05) is 36.4 Å². The second kappa shape index (κ2) is 4.39. The molecule has 1 aromatic heterocycles. The Morgan fingerprint density at radius 2 is 2.11 bits per heavy atom. The van der Waals surface area contributed by atoms with Crippen LogP contribution in [-0.2, 0) is 6.42 Å². The molecule has 18 heavy (non-hydrogen) atoms. The van der Waals surface area contributed by atoms with Crippen LogP contribution < -0.4 is 0 Å². The molecule has 0 spiro atoms. The third-order valence-electron chi connectivity index (χ3n) is 3.00. The smallest absolute Gasteiger partial charge is 0.189 e. The molecule has 88 valence electrons. The summed E-state index contributed by atoms with van der Waals surface area (Å²) in [4.78, 5) is 16.4. The first-order valence-electron chi connectivity index (χ1n) is 5.69. The van der Waals surface area contributed by atoms with Crippen molar-refractivity contribution in [3.63, 3.8) is 0 Å². The molecule has 0 amide bonds. The Bertz CT molecular complexity index is 647. The van der Waals surface area contributed by atoms with E-state index in [-0.39, 0.29) is 5.78 Å². The number of benzene rings is 1. The molecule has 0 saturated carbocycles. The number of halogens is 1. The SMILES string of the molecule is O=C1C(=Cc2ccccn2)Cc2ccc(Cl)cc21. The van der Waals surface area contributed by atoms with Crippen molar-refractivity contribution in [2.75, 3.05) is 0 Å². The zero-order valence-electron chi connectivity index (χ0n) is 9.56. The van der Waals surface area contributed by atoms with Crippen molar-refractivity contribution in [3.8, 4) is 0 Å². The number of aromatic nitrogens is 1. The molecule has 0 unspecified atom stereocenters.